The van der Waals surface area contributed by atoms with Crippen LogP contribution >= 0.6 is 11.8 Å². The summed E-state index contributed by atoms with van der Waals surface area (Å²) >= 11 is 1.83. The minimum Gasteiger partial charge on any atom is -0.468 e. The molecule has 2 aromatic heterocycles. The fourth-order valence-corrected chi connectivity index (χ4v) is 4.66. The van der Waals surface area contributed by atoms with Crippen molar-refractivity contribution in [2.45, 2.75) is 11.7 Å². The van der Waals surface area contributed by atoms with E-state index < -0.39 is 0 Å². The Hall–Kier alpha value is -2.87. The molecular formula is C20H19N3O4S. The number of ether oxygens (including phenoxy) is 2. The summed E-state index contributed by atoms with van der Waals surface area (Å²) in [7, 11) is 0. The number of aromatic amines is 1. The van der Waals surface area contributed by atoms with E-state index in [1.165, 1.54) is 0 Å². The summed E-state index contributed by atoms with van der Waals surface area (Å²) in [6.45, 7) is 1.63. The van der Waals surface area contributed by atoms with Gasteiger partial charge in [-0.3, -0.25) is 9.89 Å². The SMILES string of the molecule is O=C(c1cc(-c2ccc3c(c2)OCO3)n[nH]1)N1CCS[C@H](c2ccco2)CC1. The maximum Gasteiger partial charge on any atom is 0.271 e. The van der Waals surface area contributed by atoms with Gasteiger partial charge in [0.25, 0.3) is 5.91 Å². The Bertz CT molecular complexity index is 985. The Morgan fingerprint density at radius 2 is 2.11 bits per heavy atom. The zero-order chi connectivity index (χ0) is 18.9. The van der Waals surface area contributed by atoms with Crippen LogP contribution in [0.15, 0.2) is 47.1 Å². The van der Waals surface area contributed by atoms with E-state index in [0.717, 1.165) is 29.2 Å². The van der Waals surface area contributed by atoms with E-state index >= 15 is 0 Å². The predicted octanol–water partition coefficient (Wildman–Crippen LogP) is 3.72. The number of rotatable bonds is 3. The van der Waals surface area contributed by atoms with E-state index in [9.17, 15) is 4.79 Å². The first-order chi connectivity index (χ1) is 13.8. The van der Waals surface area contributed by atoms with E-state index in [4.69, 9.17) is 13.9 Å². The Morgan fingerprint density at radius 3 is 3.00 bits per heavy atom. The van der Waals surface area contributed by atoms with Gasteiger partial charge in [0.05, 0.1) is 17.2 Å². The molecule has 144 valence electrons. The third-order valence-electron chi connectivity index (χ3n) is 4.97. The van der Waals surface area contributed by atoms with Gasteiger partial charge in [0.1, 0.15) is 11.5 Å². The molecule has 0 radical (unpaired) electrons. The molecule has 7 nitrogen and oxygen atoms in total. The Kier molecular flexibility index (Phi) is 4.48. The van der Waals surface area contributed by atoms with Gasteiger partial charge in [-0.05, 0) is 42.8 Å². The number of carbonyl (C=O) groups excluding carboxylic acids is 1. The number of nitrogens with zero attached hydrogens (tertiary/aromatic N) is 2. The molecule has 1 atom stereocenters. The van der Waals surface area contributed by atoms with Gasteiger partial charge in [-0.2, -0.15) is 5.10 Å². The van der Waals surface area contributed by atoms with Crippen molar-refractivity contribution < 1.29 is 18.7 Å². The highest BCUT2D eigenvalue weighted by Crippen LogP contribution is 2.36. The fraction of sp³-hybridized carbons (Fsp3) is 0.300. The fourth-order valence-electron chi connectivity index (χ4n) is 3.48. The number of thioether (sulfide) groups is 1. The van der Waals surface area contributed by atoms with Crippen LogP contribution in [0.2, 0.25) is 0 Å². The summed E-state index contributed by atoms with van der Waals surface area (Å²) in [5.41, 5.74) is 2.08. The van der Waals surface area contributed by atoms with Crippen LogP contribution in [0.5, 0.6) is 11.5 Å². The molecule has 1 fully saturated rings. The van der Waals surface area contributed by atoms with E-state index in [0.29, 0.717) is 35.5 Å². The minimum atomic E-state index is -0.0276. The lowest BCUT2D eigenvalue weighted by Gasteiger charge is -2.19. The lowest BCUT2D eigenvalue weighted by molar-refractivity contribution is 0.0760. The van der Waals surface area contributed by atoms with Crippen molar-refractivity contribution in [1.82, 2.24) is 15.1 Å². The van der Waals surface area contributed by atoms with E-state index in [-0.39, 0.29) is 12.7 Å². The van der Waals surface area contributed by atoms with E-state index in [2.05, 4.69) is 10.2 Å². The smallest absolute Gasteiger partial charge is 0.271 e. The van der Waals surface area contributed by atoms with Crippen LogP contribution < -0.4 is 9.47 Å². The molecule has 1 amide bonds. The van der Waals surface area contributed by atoms with Gasteiger partial charge < -0.3 is 18.8 Å². The number of aromatic nitrogens is 2. The number of fused-ring (bicyclic) bond motifs is 1. The molecule has 2 aliphatic rings. The molecule has 2 aliphatic heterocycles. The molecule has 1 aromatic carbocycles. The highest BCUT2D eigenvalue weighted by atomic mass is 32.2. The maximum atomic E-state index is 13.0. The van der Waals surface area contributed by atoms with Crippen molar-refractivity contribution in [3.05, 3.63) is 54.1 Å². The highest BCUT2D eigenvalue weighted by molar-refractivity contribution is 7.99. The average Bonchev–Trinajstić information content (AvgIpc) is 3.46. The molecule has 0 bridgehead atoms. The zero-order valence-corrected chi connectivity index (χ0v) is 15.9. The van der Waals surface area contributed by atoms with Crippen molar-refractivity contribution in [1.29, 1.82) is 0 Å². The van der Waals surface area contributed by atoms with Gasteiger partial charge in [-0.1, -0.05) is 0 Å². The molecule has 4 heterocycles. The zero-order valence-electron chi connectivity index (χ0n) is 15.1. The summed E-state index contributed by atoms with van der Waals surface area (Å²) in [4.78, 5) is 14.8. The highest BCUT2D eigenvalue weighted by Gasteiger charge is 2.25. The average molecular weight is 397 g/mol. The number of carbonyl (C=O) groups is 1. The monoisotopic (exact) mass is 397 g/mol. The predicted molar refractivity (Wildman–Crippen MR) is 105 cm³/mol. The molecule has 0 aliphatic carbocycles. The van der Waals surface area contributed by atoms with Crippen LogP contribution in [0.25, 0.3) is 11.3 Å². The number of amides is 1. The van der Waals surface area contributed by atoms with Crippen LogP contribution in [-0.4, -0.2) is 46.6 Å². The van der Waals surface area contributed by atoms with Crippen LogP contribution in [0, 0.1) is 0 Å². The quantitative estimate of drug-likeness (QED) is 0.726. The molecule has 1 saturated heterocycles. The van der Waals surface area contributed by atoms with Gasteiger partial charge in [0.2, 0.25) is 6.79 Å². The lowest BCUT2D eigenvalue weighted by Crippen LogP contribution is -2.33. The summed E-state index contributed by atoms with van der Waals surface area (Å²) in [5, 5.41) is 7.50. The van der Waals surface area contributed by atoms with Gasteiger partial charge in [0.15, 0.2) is 11.5 Å². The maximum absolute atomic E-state index is 13.0. The van der Waals surface area contributed by atoms with Crippen molar-refractivity contribution in [2.24, 2.45) is 0 Å². The first-order valence-corrected chi connectivity index (χ1v) is 10.2. The second-order valence-corrected chi connectivity index (χ2v) is 8.00. The van der Waals surface area contributed by atoms with Crippen molar-refractivity contribution in [2.75, 3.05) is 25.6 Å². The van der Waals surface area contributed by atoms with Gasteiger partial charge >= 0.3 is 0 Å². The number of furan rings is 1. The standard InChI is InChI=1S/C20H19N3O4S/c24-20(23-6-5-19(28-9-7-23)17-2-1-8-25-17)15-11-14(21-22-15)13-3-4-16-18(10-13)27-12-26-16/h1-4,8,10-11,19H,5-7,9,12H2,(H,21,22)/t19-/m0/s1. The molecule has 5 rings (SSSR count). The molecule has 8 heteroatoms. The van der Waals surface area contributed by atoms with Crippen molar-refractivity contribution in [3.8, 4) is 22.8 Å². The molecule has 0 spiro atoms. The minimum absolute atomic E-state index is 0.0276. The third kappa shape index (κ3) is 3.24. The molecular weight excluding hydrogens is 378 g/mol. The summed E-state index contributed by atoms with van der Waals surface area (Å²) in [5.74, 6) is 3.25. The number of hydrogen-bond acceptors (Lipinski definition) is 6. The van der Waals surface area contributed by atoms with Crippen LogP contribution in [0.4, 0.5) is 0 Å². The number of hydrogen-bond donors (Lipinski definition) is 1. The topological polar surface area (TPSA) is 80.6 Å². The first-order valence-electron chi connectivity index (χ1n) is 9.17. The Balaban J connectivity index is 1.29. The number of nitrogens with one attached hydrogen (secondary N) is 1. The number of benzene rings is 1. The molecule has 0 unspecified atom stereocenters. The Morgan fingerprint density at radius 1 is 1.18 bits per heavy atom. The van der Waals surface area contributed by atoms with Crippen LogP contribution in [0.3, 0.4) is 0 Å². The summed E-state index contributed by atoms with van der Waals surface area (Å²) < 4.78 is 16.3. The van der Waals surface area contributed by atoms with Crippen LogP contribution in [-0.2, 0) is 0 Å². The molecule has 28 heavy (non-hydrogen) atoms. The molecule has 3 aromatic rings. The second-order valence-electron chi connectivity index (χ2n) is 6.69. The van der Waals surface area contributed by atoms with Crippen LogP contribution in [0.1, 0.15) is 27.9 Å². The molecule has 1 N–H and O–H groups in total. The van der Waals surface area contributed by atoms with E-state index in [1.807, 2.05) is 47.0 Å². The largest absolute Gasteiger partial charge is 0.468 e. The lowest BCUT2D eigenvalue weighted by atomic mass is 10.1. The van der Waals surface area contributed by atoms with Gasteiger partial charge in [0, 0.05) is 24.4 Å². The Labute approximate surface area is 166 Å². The number of H-pyrrole nitrogens is 1. The summed E-state index contributed by atoms with van der Waals surface area (Å²) in [6.07, 6.45) is 2.57. The van der Waals surface area contributed by atoms with Gasteiger partial charge in [-0.25, -0.2) is 0 Å². The normalized spacial score (nSPS) is 18.9. The van der Waals surface area contributed by atoms with E-state index in [1.54, 1.807) is 12.3 Å². The molecule has 0 saturated carbocycles. The van der Waals surface area contributed by atoms with Gasteiger partial charge in [-0.15, -0.1) is 11.8 Å². The third-order valence-corrected chi connectivity index (χ3v) is 6.25. The van der Waals surface area contributed by atoms with Crippen molar-refractivity contribution >= 4 is 17.7 Å². The van der Waals surface area contributed by atoms with Crippen molar-refractivity contribution in [3.63, 3.8) is 0 Å². The summed E-state index contributed by atoms with van der Waals surface area (Å²) in [6, 6.07) is 11.3. The first kappa shape index (κ1) is 17.2. The second kappa shape index (κ2) is 7.27.